The van der Waals surface area contributed by atoms with Crippen molar-refractivity contribution in [3.8, 4) is 11.3 Å². The highest BCUT2D eigenvalue weighted by atomic mass is 15.1. The zero-order chi connectivity index (χ0) is 10.3. The number of nitrogens with two attached hydrogens (primary N) is 1. The fourth-order valence-electron chi connectivity index (χ4n) is 1.82. The van der Waals surface area contributed by atoms with E-state index < -0.39 is 0 Å². The van der Waals surface area contributed by atoms with Crippen LogP contribution in [0, 0.1) is 0 Å². The SMILES string of the molecule is Nc1[nH]ncc1-c1ncnc2c1CCN2. The van der Waals surface area contributed by atoms with Gasteiger partial charge < -0.3 is 11.1 Å². The first-order valence-corrected chi connectivity index (χ1v) is 4.73. The van der Waals surface area contributed by atoms with Crippen LogP contribution in [0.1, 0.15) is 5.56 Å². The van der Waals surface area contributed by atoms with Gasteiger partial charge in [0.2, 0.25) is 0 Å². The summed E-state index contributed by atoms with van der Waals surface area (Å²) >= 11 is 0. The van der Waals surface area contributed by atoms with Gasteiger partial charge in [-0.3, -0.25) is 5.10 Å². The largest absolute Gasteiger partial charge is 0.384 e. The molecule has 0 aliphatic carbocycles. The summed E-state index contributed by atoms with van der Waals surface area (Å²) in [5.41, 5.74) is 8.60. The van der Waals surface area contributed by atoms with Gasteiger partial charge in [0.05, 0.1) is 17.5 Å². The van der Waals surface area contributed by atoms with Crippen LogP contribution in [-0.2, 0) is 6.42 Å². The van der Waals surface area contributed by atoms with Crippen molar-refractivity contribution in [1.29, 1.82) is 0 Å². The normalized spacial score (nSPS) is 13.6. The van der Waals surface area contributed by atoms with Crippen LogP contribution in [0.15, 0.2) is 12.5 Å². The second-order valence-electron chi connectivity index (χ2n) is 3.42. The average molecular weight is 202 g/mol. The van der Waals surface area contributed by atoms with Gasteiger partial charge in [0.1, 0.15) is 18.0 Å². The zero-order valence-corrected chi connectivity index (χ0v) is 7.99. The Balaban J connectivity index is 2.21. The van der Waals surface area contributed by atoms with Gasteiger partial charge in [0.15, 0.2) is 0 Å². The van der Waals surface area contributed by atoms with E-state index in [9.17, 15) is 0 Å². The second-order valence-corrected chi connectivity index (χ2v) is 3.42. The smallest absolute Gasteiger partial charge is 0.133 e. The molecule has 0 unspecified atom stereocenters. The molecule has 1 aliphatic rings. The summed E-state index contributed by atoms with van der Waals surface area (Å²) < 4.78 is 0. The quantitative estimate of drug-likeness (QED) is 0.623. The lowest BCUT2D eigenvalue weighted by molar-refractivity contribution is 1.09. The van der Waals surface area contributed by atoms with Gasteiger partial charge in [0, 0.05) is 12.1 Å². The summed E-state index contributed by atoms with van der Waals surface area (Å²) in [6, 6.07) is 0. The number of nitrogens with zero attached hydrogens (tertiary/aromatic N) is 3. The highest BCUT2D eigenvalue weighted by Crippen LogP contribution is 2.31. The van der Waals surface area contributed by atoms with Crippen LogP contribution >= 0.6 is 0 Å². The standard InChI is InChI=1S/C9H10N6/c10-8-6(3-14-15-8)7-5-1-2-11-9(5)13-4-12-7/h3-4H,1-2H2,(H3,10,14,15)(H,11,12,13). The van der Waals surface area contributed by atoms with Crippen molar-refractivity contribution >= 4 is 11.6 Å². The maximum absolute atomic E-state index is 5.77. The summed E-state index contributed by atoms with van der Waals surface area (Å²) in [4.78, 5) is 8.43. The maximum Gasteiger partial charge on any atom is 0.133 e. The Bertz CT molecular complexity index is 503. The summed E-state index contributed by atoms with van der Waals surface area (Å²) in [5, 5.41) is 9.80. The van der Waals surface area contributed by atoms with Gasteiger partial charge in [-0.15, -0.1) is 0 Å². The number of aromatic nitrogens is 4. The third-order valence-corrected chi connectivity index (χ3v) is 2.54. The third kappa shape index (κ3) is 1.14. The molecular formula is C9H10N6. The van der Waals surface area contributed by atoms with Crippen molar-refractivity contribution in [2.75, 3.05) is 17.6 Å². The Hall–Kier alpha value is -2.11. The number of anilines is 2. The molecule has 0 bridgehead atoms. The molecule has 0 aromatic carbocycles. The van der Waals surface area contributed by atoms with Crippen molar-refractivity contribution in [1.82, 2.24) is 20.2 Å². The average Bonchev–Trinajstić information content (AvgIpc) is 2.85. The highest BCUT2D eigenvalue weighted by molar-refractivity contribution is 5.76. The number of hydrogen-bond acceptors (Lipinski definition) is 5. The molecule has 0 saturated carbocycles. The first-order valence-electron chi connectivity index (χ1n) is 4.73. The summed E-state index contributed by atoms with van der Waals surface area (Å²) in [7, 11) is 0. The number of hydrogen-bond donors (Lipinski definition) is 3. The third-order valence-electron chi connectivity index (χ3n) is 2.54. The van der Waals surface area contributed by atoms with Crippen molar-refractivity contribution in [2.24, 2.45) is 0 Å². The summed E-state index contributed by atoms with van der Waals surface area (Å²) in [5.74, 6) is 1.45. The van der Waals surface area contributed by atoms with Crippen LogP contribution in [0.5, 0.6) is 0 Å². The summed E-state index contributed by atoms with van der Waals surface area (Å²) in [6.45, 7) is 0.902. The predicted octanol–water partition coefficient (Wildman–Crippen LogP) is 0.417. The Morgan fingerprint density at radius 3 is 3.07 bits per heavy atom. The number of fused-ring (bicyclic) bond motifs is 1. The van der Waals surface area contributed by atoms with Gasteiger partial charge in [-0.2, -0.15) is 5.10 Å². The topological polar surface area (TPSA) is 92.5 Å². The number of aromatic amines is 1. The van der Waals surface area contributed by atoms with Gasteiger partial charge >= 0.3 is 0 Å². The molecule has 15 heavy (non-hydrogen) atoms. The molecule has 0 amide bonds. The lowest BCUT2D eigenvalue weighted by Gasteiger charge is -2.03. The minimum atomic E-state index is 0.544. The van der Waals surface area contributed by atoms with Crippen LogP contribution in [-0.4, -0.2) is 26.7 Å². The van der Waals surface area contributed by atoms with E-state index in [1.807, 2.05) is 0 Å². The number of nitrogens with one attached hydrogen (secondary N) is 2. The minimum absolute atomic E-state index is 0.544. The van der Waals surface area contributed by atoms with E-state index in [2.05, 4.69) is 25.5 Å². The van der Waals surface area contributed by atoms with Crippen LogP contribution in [0.4, 0.5) is 11.6 Å². The van der Waals surface area contributed by atoms with Crippen molar-refractivity contribution in [2.45, 2.75) is 6.42 Å². The Morgan fingerprint density at radius 2 is 2.27 bits per heavy atom. The molecule has 76 valence electrons. The van der Waals surface area contributed by atoms with Gasteiger partial charge in [-0.1, -0.05) is 0 Å². The predicted molar refractivity (Wildman–Crippen MR) is 56.2 cm³/mol. The van der Waals surface area contributed by atoms with Crippen molar-refractivity contribution in [3.63, 3.8) is 0 Å². The molecule has 6 nitrogen and oxygen atoms in total. The van der Waals surface area contributed by atoms with E-state index in [1.54, 1.807) is 12.5 Å². The minimum Gasteiger partial charge on any atom is -0.384 e. The van der Waals surface area contributed by atoms with Crippen LogP contribution < -0.4 is 11.1 Å². The van der Waals surface area contributed by atoms with E-state index >= 15 is 0 Å². The molecule has 0 atom stereocenters. The second kappa shape index (κ2) is 2.94. The monoisotopic (exact) mass is 202 g/mol. The van der Waals surface area contributed by atoms with Crippen LogP contribution in [0.25, 0.3) is 11.3 Å². The molecule has 3 rings (SSSR count). The lowest BCUT2D eigenvalue weighted by Crippen LogP contribution is -1.95. The van der Waals surface area contributed by atoms with E-state index in [4.69, 9.17) is 5.73 Å². The van der Waals surface area contributed by atoms with E-state index in [-0.39, 0.29) is 0 Å². The molecular weight excluding hydrogens is 192 g/mol. The molecule has 6 heteroatoms. The van der Waals surface area contributed by atoms with E-state index in [0.29, 0.717) is 5.82 Å². The maximum atomic E-state index is 5.77. The Morgan fingerprint density at radius 1 is 1.33 bits per heavy atom. The molecule has 0 radical (unpaired) electrons. The van der Waals surface area contributed by atoms with E-state index in [1.165, 1.54) is 0 Å². The fourth-order valence-corrected chi connectivity index (χ4v) is 1.82. The molecule has 0 fully saturated rings. The Kier molecular flexibility index (Phi) is 1.61. The van der Waals surface area contributed by atoms with Crippen molar-refractivity contribution < 1.29 is 0 Å². The molecule has 2 aromatic heterocycles. The fraction of sp³-hybridized carbons (Fsp3) is 0.222. The summed E-state index contributed by atoms with van der Waals surface area (Å²) in [6.07, 6.45) is 4.16. The molecule has 1 aliphatic heterocycles. The number of nitrogen functional groups attached to an aromatic ring is 1. The Labute approximate surface area is 85.9 Å². The van der Waals surface area contributed by atoms with Gasteiger partial charge in [0.25, 0.3) is 0 Å². The first kappa shape index (κ1) is 8.22. The number of H-pyrrole nitrogens is 1. The molecule has 0 saturated heterocycles. The molecule has 0 spiro atoms. The van der Waals surface area contributed by atoms with Crippen LogP contribution in [0.3, 0.4) is 0 Å². The van der Waals surface area contributed by atoms with Crippen LogP contribution in [0.2, 0.25) is 0 Å². The van der Waals surface area contributed by atoms with E-state index in [0.717, 1.165) is 35.6 Å². The van der Waals surface area contributed by atoms with Crippen molar-refractivity contribution in [3.05, 3.63) is 18.1 Å². The highest BCUT2D eigenvalue weighted by Gasteiger charge is 2.19. The molecule has 4 N–H and O–H groups in total. The first-order chi connectivity index (χ1) is 7.36. The zero-order valence-electron chi connectivity index (χ0n) is 7.99. The van der Waals surface area contributed by atoms with Gasteiger partial charge in [-0.25, -0.2) is 9.97 Å². The van der Waals surface area contributed by atoms with Gasteiger partial charge in [-0.05, 0) is 6.42 Å². The lowest BCUT2D eigenvalue weighted by atomic mass is 10.1. The molecule has 3 heterocycles. The number of rotatable bonds is 1. The molecule has 2 aromatic rings.